The number of carbonyl (C=O) groups excluding carboxylic acids is 1. The Bertz CT molecular complexity index is 683. The number of nitrogens with zero attached hydrogens (tertiary/aromatic N) is 2. The van der Waals surface area contributed by atoms with Crippen LogP contribution in [0.3, 0.4) is 0 Å². The Balaban J connectivity index is 2.55. The van der Waals surface area contributed by atoms with E-state index in [2.05, 4.69) is 4.74 Å². The maximum atomic E-state index is 11.5. The van der Waals surface area contributed by atoms with Crippen molar-refractivity contribution >= 4 is 22.8 Å². The number of oxazole rings is 1. The molecular weight excluding hydrogens is 244 g/mol. The zero-order valence-corrected chi connectivity index (χ0v) is 9.28. The molecule has 0 amide bonds. The third kappa shape index (κ3) is 1.95. The SMILES string of the molecule is COC(=O)Cn1c(=O)oc2cc([N+](=O)[O-])ccc21. The average molecular weight is 252 g/mol. The Labute approximate surface area is 99.5 Å². The van der Waals surface area contributed by atoms with Crippen LogP contribution in [0.15, 0.2) is 27.4 Å². The summed E-state index contributed by atoms with van der Waals surface area (Å²) in [5.41, 5.74) is 0.163. The molecule has 0 atom stereocenters. The summed E-state index contributed by atoms with van der Waals surface area (Å²) in [6.07, 6.45) is 0. The fourth-order valence-corrected chi connectivity index (χ4v) is 1.51. The van der Waals surface area contributed by atoms with Gasteiger partial charge < -0.3 is 9.15 Å². The second-order valence-electron chi connectivity index (χ2n) is 3.44. The number of aromatic nitrogens is 1. The molecule has 1 heterocycles. The number of hydrogen-bond acceptors (Lipinski definition) is 6. The van der Waals surface area contributed by atoms with Gasteiger partial charge in [0, 0.05) is 6.07 Å². The molecule has 2 rings (SSSR count). The number of rotatable bonds is 3. The average Bonchev–Trinajstić information content (AvgIpc) is 2.64. The number of methoxy groups -OCH3 is 1. The molecule has 0 bridgehead atoms. The lowest BCUT2D eigenvalue weighted by atomic mass is 10.3. The van der Waals surface area contributed by atoms with Gasteiger partial charge in [-0.15, -0.1) is 0 Å². The quantitative estimate of drug-likeness (QED) is 0.451. The summed E-state index contributed by atoms with van der Waals surface area (Å²) in [4.78, 5) is 32.6. The molecule has 94 valence electrons. The van der Waals surface area contributed by atoms with E-state index in [4.69, 9.17) is 4.42 Å². The number of ether oxygens (including phenoxy) is 1. The second kappa shape index (κ2) is 4.32. The van der Waals surface area contributed by atoms with Crippen LogP contribution in [0.1, 0.15) is 0 Å². The molecule has 2 aromatic rings. The highest BCUT2D eigenvalue weighted by molar-refractivity contribution is 5.78. The lowest BCUT2D eigenvalue weighted by molar-refractivity contribution is -0.384. The first-order valence-electron chi connectivity index (χ1n) is 4.87. The van der Waals surface area contributed by atoms with Crippen LogP contribution in [0.5, 0.6) is 0 Å². The molecule has 18 heavy (non-hydrogen) atoms. The smallest absolute Gasteiger partial charge is 0.420 e. The van der Waals surface area contributed by atoms with Crippen molar-refractivity contribution in [2.75, 3.05) is 7.11 Å². The molecule has 8 nitrogen and oxygen atoms in total. The highest BCUT2D eigenvalue weighted by atomic mass is 16.6. The zero-order chi connectivity index (χ0) is 13.3. The van der Waals surface area contributed by atoms with E-state index < -0.39 is 16.6 Å². The van der Waals surface area contributed by atoms with E-state index in [9.17, 15) is 19.7 Å². The highest BCUT2D eigenvalue weighted by Gasteiger charge is 2.15. The minimum Gasteiger partial charge on any atom is -0.468 e. The molecule has 0 aliphatic carbocycles. The van der Waals surface area contributed by atoms with Crippen molar-refractivity contribution in [1.29, 1.82) is 0 Å². The molecular formula is C10H8N2O6. The number of fused-ring (bicyclic) bond motifs is 1. The predicted octanol–water partition coefficient (Wildman–Crippen LogP) is 0.676. The summed E-state index contributed by atoms with van der Waals surface area (Å²) in [6, 6.07) is 3.71. The van der Waals surface area contributed by atoms with Crippen molar-refractivity contribution in [1.82, 2.24) is 4.57 Å². The van der Waals surface area contributed by atoms with Gasteiger partial charge in [-0.05, 0) is 6.07 Å². The molecule has 0 saturated heterocycles. The van der Waals surface area contributed by atoms with Gasteiger partial charge in [-0.3, -0.25) is 19.5 Å². The van der Waals surface area contributed by atoms with Crippen molar-refractivity contribution in [3.63, 3.8) is 0 Å². The van der Waals surface area contributed by atoms with Gasteiger partial charge in [0.05, 0.1) is 23.6 Å². The van der Waals surface area contributed by atoms with E-state index in [-0.39, 0.29) is 17.8 Å². The van der Waals surface area contributed by atoms with Gasteiger partial charge in [0.15, 0.2) is 5.58 Å². The first kappa shape index (κ1) is 11.8. The van der Waals surface area contributed by atoms with E-state index in [0.29, 0.717) is 5.52 Å². The Morgan fingerprint density at radius 2 is 2.28 bits per heavy atom. The highest BCUT2D eigenvalue weighted by Crippen LogP contribution is 2.19. The number of carbonyl (C=O) groups is 1. The van der Waals surface area contributed by atoms with Crippen molar-refractivity contribution in [3.8, 4) is 0 Å². The lowest BCUT2D eigenvalue weighted by Crippen LogP contribution is -2.20. The molecule has 0 N–H and O–H groups in total. The fourth-order valence-electron chi connectivity index (χ4n) is 1.51. The van der Waals surface area contributed by atoms with Crippen molar-refractivity contribution in [2.45, 2.75) is 6.54 Å². The maximum Gasteiger partial charge on any atom is 0.420 e. The minimum atomic E-state index is -0.768. The molecule has 1 aromatic heterocycles. The Hall–Kier alpha value is -2.64. The number of nitro benzene ring substituents is 1. The van der Waals surface area contributed by atoms with Gasteiger partial charge in [-0.25, -0.2) is 4.79 Å². The van der Waals surface area contributed by atoms with Gasteiger partial charge in [0.25, 0.3) is 5.69 Å². The van der Waals surface area contributed by atoms with Gasteiger partial charge >= 0.3 is 11.7 Å². The first-order chi connectivity index (χ1) is 8.52. The zero-order valence-electron chi connectivity index (χ0n) is 9.28. The van der Waals surface area contributed by atoms with Crippen molar-refractivity contribution < 1.29 is 18.9 Å². The maximum absolute atomic E-state index is 11.5. The molecule has 0 fully saturated rings. The van der Waals surface area contributed by atoms with Crippen molar-refractivity contribution in [3.05, 3.63) is 38.9 Å². The third-order valence-corrected chi connectivity index (χ3v) is 2.38. The van der Waals surface area contributed by atoms with Crippen LogP contribution in [-0.4, -0.2) is 22.6 Å². The third-order valence-electron chi connectivity index (χ3n) is 2.38. The van der Waals surface area contributed by atoms with Crippen LogP contribution in [-0.2, 0) is 16.1 Å². The summed E-state index contributed by atoms with van der Waals surface area (Å²) in [7, 11) is 1.19. The molecule has 0 spiro atoms. The van der Waals surface area contributed by atoms with Crippen LogP contribution in [0.2, 0.25) is 0 Å². The Morgan fingerprint density at radius 3 is 2.89 bits per heavy atom. The molecule has 0 aliphatic heterocycles. The van der Waals surface area contributed by atoms with Gasteiger partial charge in [-0.2, -0.15) is 0 Å². The van der Waals surface area contributed by atoms with E-state index in [0.717, 1.165) is 10.6 Å². The lowest BCUT2D eigenvalue weighted by Gasteiger charge is -1.99. The summed E-state index contributed by atoms with van der Waals surface area (Å²) < 4.78 is 10.3. The van der Waals surface area contributed by atoms with Gasteiger partial charge in [-0.1, -0.05) is 0 Å². The molecule has 0 unspecified atom stereocenters. The van der Waals surface area contributed by atoms with Crippen molar-refractivity contribution in [2.24, 2.45) is 0 Å². The normalized spacial score (nSPS) is 10.5. The number of non-ortho nitro benzene ring substituents is 1. The van der Waals surface area contributed by atoms with Gasteiger partial charge in [0.2, 0.25) is 0 Å². The number of nitro groups is 1. The van der Waals surface area contributed by atoms with Gasteiger partial charge in [0.1, 0.15) is 6.54 Å². The number of esters is 1. The summed E-state index contributed by atoms with van der Waals surface area (Å²) in [6.45, 7) is -0.305. The van der Waals surface area contributed by atoms with Crippen LogP contribution in [0.25, 0.3) is 11.1 Å². The van der Waals surface area contributed by atoms with E-state index >= 15 is 0 Å². The molecule has 8 heteroatoms. The summed E-state index contributed by atoms with van der Waals surface area (Å²) in [5.74, 6) is -1.38. The first-order valence-corrected chi connectivity index (χ1v) is 4.87. The Morgan fingerprint density at radius 1 is 1.56 bits per heavy atom. The van der Waals surface area contributed by atoms with Crippen LogP contribution >= 0.6 is 0 Å². The second-order valence-corrected chi connectivity index (χ2v) is 3.44. The molecule has 0 saturated carbocycles. The standard InChI is InChI=1S/C10H8N2O6/c1-17-9(13)5-11-7-3-2-6(12(15)16)4-8(7)18-10(11)14/h2-4H,5H2,1H3. The number of benzene rings is 1. The fraction of sp³-hybridized carbons (Fsp3) is 0.200. The van der Waals surface area contributed by atoms with Crippen LogP contribution < -0.4 is 5.76 Å². The monoisotopic (exact) mass is 252 g/mol. The molecule has 0 radical (unpaired) electrons. The van der Waals surface area contributed by atoms with Crippen LogP contribution in [0, 0.1) is 10.1 Å². The van der Waals surface area contributed by atoms with E-state index in [1.807, 2.05) is 0 Å². The van der Waals surface area contributed by atoms with E-state index in [1.165, 1.54) is 19.2 Å². The molecule has 0 aliphatic rings. The number of hydrogen-bond donors (Lipinski definition) is 0. The summed E-state index contributed by atoms with van der Waals surface area (Å²) in [5, 5.41) is 10.6. The van der Waals surface area contributed by atoms with Crippen LogP contribution in [0.4, 0.5) is 5.69 Å². The topological polar surface area (TPSA) is 105 Å². The predicted molar refractivity (Wildman–Crippen MR) is 59.1 cm³/mol. The van der Waals surface area contributed by atoms with E-state index in [1.54, 1.807) is 0 Å². The largest absolute Gasteiger partial charge is 0.468 e. The Kier molecular flexibility index (Phi) is 2.84. The summed E-state index contributed by atoms with van der Waals surface area (Å²) >= 11 is 0. The molecule has 1 aromatic carbocycles. The minimum absolute atomic E-state index is 0.0538.